The summed E-state index contributed by atoms with van der Waals surface area (Å²) in [5.41, 5.74) is -0.253. The van der Waals surface area contributed by atoms with Gasteiger partial charge in [0.15, 0.2) is 17.6 Å². The first-order valence-corrected chi connectivity index (χ1v) is 8.64. The molecule has 1 N–H and O–H groups in total. The van der Waals surface area contributed by atoms with Crippen LogP contribution in [0.1, 0.15) is 10.4 Å². The molecule has 0 bridgehead atoms. The fraction of sp³-hybridized carbons (Fsp3) is 0.143. The number of carbonyl (C=O) groups is 2. The molecule has 8 nitrogen and oxygen atoms in total. The van der Waals surface area contributed by atoms with Gasteiger partial charge in [-0.3, -0.25) is 14.6 Å². The monoisotopic (exact) mass is 384 g/mol. The highest BCUT2D eigenvalue weighted by Gasteiger charge is 2.45. The van der Waals surface area contributed by atoms with Crippen LogP contribution in [0.2, 0.25) is 5.15 Å². The first-order valence-electron chi connectivity index (χ1n) is 6.82. The second kappa shape index (κ2) is 6.14. The number of hydrogen-bond acceptors (Lipinski definition) is 6. The summed E-state index contributed by atoms with van der Waals surface area (Å²) >= 11 is 5.66. The van der Waals surface area contributed by atoms with Crippen LogP contribution in [0, 0.1) is 5.82 Å². The highest BCUT2D eigenvalue weighted by molar-refractivity contribution is 7.89. The van der Waals surface area contributed by atoms with Gasteiger partial charge in [-0.15, -0.1) is 0 Å². The van der Waals surface area contributed by atoms with Crippen molar-refractivity contribution in [3.63, 3.8) is 0 Å². The average Bonchev–Trinajstić information content (AvgIpc) is 2.53. The Morgan fingerprint density at radius 1 is 1.36 bits per heavy atom. The van der Waals surface area contributed by atoms with E-state index in [1.165, 1.54) is 12.4 Å². The van der Waals surface area contributed by atoms with Crippen molar-refractivity contribution in [2.24, 2.45) is 0 Å². The number of sulfonamides is 1. The Balaban J connectivity index is 2.01. The number of rotatable bonds is 2. The molecule has 1 aromatic carbocycles. The number of fused-ring (bicyclic) bond motifs is 1. The molecule has 0 radical (unpaired) electrons. The molecule has 130 valence electrons. The van der Waals surface area contributed by atoms with Crippen LogP contribution in [-0.4, -0.2) is 47.5 Å². The molecule has 0 aliphatic carbocycles. The minimum Gasteiger partial charge on any atom is -0.308 e. The number of nitrogens with zero attached hydrogens (tertiary/aromatic N) is 3. The van der Waals surface area contributed by atoms with E-state index < -0.39 is 38.5 Å². The van der Waals surface area contributed by atoms with Gasteiger partial charge in [-0.25, -0.2) is 17.8 Å². The summed E-state index contributed by atoms with van der Waals surface area (Å²) in [5.74, 6) is -2.55. The van der Waals surface area contributed by atoms with E-state index in [4.69, 9.17) is 11.6 Å². The third-order valence-corrected chi connectivity index (χ3v) is 5.63. The normalized spacial score (nSPS) is 19.3. The van der Waals surface area contributed by atoms with E-state index in [0.717, 1.165) is 25.2 Å². The number of ketones is 1. The van der Waals surface area contributed by atoms with Crippen molar-refractivity contribution in [3.05, 3.63) is 47.1 Å². The van der Waals surface area contributed by atoms with Crippen molar-refractivity contribution in [2.45, 2.75) is 10.9 Å². The fourth-order valence-electron chi connectivity index (χ4n) is 2.40. The number of likely N-dealkylation sites (N-methyl/N-ethyl adjacent to an activating group) is 1. The third kappa shape index (κ3) is 2.99. The second-order valence-corrected chi connectivity index (χ2v) is 7.50. The molecule has 3 rings (SSSR count). The van der Waals surface area contributed by atoms with Gasteiger partial charge in [-0.05, 0) is 18.2 Å². The Morgan fingerprint density at radius 3 is 2.76 bits per heavy atom. The van der Waals surface area contributed by atoms with Gasteiger partial charge in [0.05, 0.1) is 17.3 Å². The third-order valence-electron chi connectivity index (χ3n) is 3.58. The summed E-state index contributed by atoms with van der Waals surface area (Å²) in [5, 5.41) is 2.30. The van der Waals surface area contributed by atoms with Crippen LogP contribution >= 0.6 is 11.6 Å². The number of Topliss-reactive ketones (excluding diaryl/α,β-unsaturated/α-hetero) is 1. The van der Waals surface area contributed by atoms with E-state index in [2.05, 4.69) is 15.3 Å². The van der Waals surface area contributed by atoms with Crippen LogP contribution in [0.3, 0.4) is 0 Å². The van der Waals surface area contributed by atoms with Gasteiger partial charge in [0.2, 0.25) is 10.0 Å². The maximum atomic E-state index is 13.4. The number of halogens is 2. The van der Waals surface area contributed by atoms with E-state index in [1.807, 2.05) is 0 Å². The number of amides is 1. The standard InChI is InChI=1S/C14H10ClFN4O4S/c1-20-12(14(22)19-11-6-17-5-10(15)18-11)13(21)8-3-2-7(16)4-9(8)25(20,23)24/h2-6,12H,1H3,(H,18,19,22). The second-order valence-electron chi connectivity index (χ2n) is 5.14. The van der Waals surface area contributed by atoms with Crippen molar-refractivity contribution in [1.29, 1.82) is 0 Å². The van der Waals surface area contributed by atoms with Gasteiger partial charge in [0, 0.05) is 12.6 Å². The number of benzene rings is 1. The highest BCUT2D eigenvalue weighted by Crippen LogP contribution is 2.30. The molecular weight excluding hydrogens is 375 g/mol. The topological polar surface area (TPSA) is 109 Å². The molecule has 1 atom stereocenters. The zero-order valence-corrected chi connectivity index (χ0v) is 14.2. The van der Waals surface area contributed by atoms with E-state index >= 15 is 0 Å². The predicted molar refractivity (Wildman–Crippen MR) is 85.1 cm³/mol. The lowest BCUT2D eigenvalue weighted by atomic mass is 10.0. The van der Waals surface area contributed by atoms with Gasteiger partial charge in [-0.1, -0.05) is 11.6 Å². The molecule has 1 aliphatic rings. The van der Waals surface area contributed by atoms with Crippen molar-refractivity contribution in [1.82, 2.24) is 14.3 Å². The lowest BCUT2D eigenvalue weighted by Crippen LogP contribution is -2.53. The summed E-state index contributed by atoms with van der Waals surface area (Å²) in [6.45, 7) is 0. The van der Waals surface area contributed by atoms with Crippen molar-refractivity contribution in [2.75, 3.05) is 12.4 Å². The SMILES string of the molecule is CN1C(C(=O)Nc2cncc(Cl)n2)C(=O)c2ccc(F)cc2S1(=O)=O. The molecule has 0 fully saturated rings. The smallest absolute Gasteiger partial charge is 0.252 e. The predicted octanol–water partition coefficient (Wildman–Crippen LogP) is 1.09. The van der Waals surface area contributed by atoms with Crippen molar-refractivity contribution < 1.29 is 22.4 Å². The molecule has 2 aromatic rings. The molecule has 1 amide bonds. The number of carbonyl (C=O) groups excluding carboxylic acids is 2. The molecule has 0 spiro atoms. The first kappa shape index (κ1) is 17.4. The van der Waals surface area contributed by atoms with Crippen LogP contribution < -0.4 is 5.32 Å². The van der Waals surface area contributed by atoms with Crippen LogP contribution in [-0.2, 0) is 14.8 Å². The van der Waals surface area contributed by atoms with E-state index in [-0.39, 0.29) is 16.5 Å². The summed E-state index contributed by atoms with van der Waals surface area (Å²) in [6, 6.07) is 1.07. The van der Waals surface area contributed by atoms with Crippen LogP contribution in [0.4, 0.5) is 10.2 Å². The summed E-state index contributed by atoms with van der Waals surface area (Å²) in [4.78, 5) is 32.1. The molecule has 1 aromatic heterocycles. The number of aromatic nitrogens is 2. The molecule has 0 saturated carbocycles. The molecule has 0 saturated heterocycles. The van der Waals surface area contributed by atoms with Gasteiger partial charge >= 0.3 is 0 Å². The Morgan fingerprint density at radius 2 is 2.08 bits per heavy atom. The van der Waals surface area contributed by atoms with Gasteiger partial charge in [0.25, 0.3) is 5.91 Å². The van der Waals surface area contributed by atoms with Gasteiger partial charge in [-0.2, -0.15) is 4.31 Å². The zero-order chi connectivity index (χ0) is 18.4. The fourth-order valence-corrected chi connectivity index (χ4v) is 4.04. The zero-order valence-electron chi connectivity index (χ0n) is 12.6. The lowest BCUT2D eigenvalue weighted by Gasteiger charge is -2.30. The van der Waals surface area contributed by atoms with Crippen molar-refractivity contribution >= 4 is 39.1 Å². The van der Waals surface area contributed by atoms with Gasteiger partial charge < -0.3 is 5.32 Å². The maximum absolute atomic E-state index is 13.4. The highest BCUT2D eigenvalue weighted by atomic mass is 35.5. The molecule has 2 heterocycles. The minimum absolute atomic E-state index is 0.00886. The summed E-state index contributed by atoms with van der Waals surface area (Å²) in [6.07, 6.45) is 2.43. The Bertz CT molecular complexity index is 998. The Labute approximate surface area is 146 Å². The maximum Gasteiger partial charge on any atom is 0.252 e. The van der Waals surface area contributed by atoms with Crippen LogP contribution in [0.5, 0.6) is 0 Å². The summed E-state index contributed by atoms with van der Waals surface area (Å²) in [7, 11) is -3.16. The molecular formula is C14H10ClFN4O4S. The van der Waals surface area contributed by atoms with E-state index in [0.29, 0.717) is 4.31 Å². The van der Waals surface area contributed by atoms with Gasteiger partial charge in [0.1, 0.15) is 11.0 Å². The quantitative estimate of drug-likeness (QED) is 0.776. The van der Waals surface area contributed by atoms with Crippen molar-refractivity contribution in [3.8, 4) is 0 Å². The Hall–Kier alpha value is -2.43. The molecule has 11 heteroatoms. The van der Waals surface area contributed by atoms with E-state index in [1.54, 1.807) is 0 Å². The Kier molecular flexibility index (Phi) is 4.27. The minimum atomic E-state index is -4.22. The molecule has 1 unspecified atom stereocenters. The first-order chi connectivity index (χ1) is 11.7. The lowest BCUT2D eigenvalue weighted by molar-refractivity contribution is -0.118. The molecule has 1 aliphatic heterocycles. The van der Waals surface area contributed by atoms with Crippen LogP contribution in [0.25, 0.3) is 0 Å². The number of nitrogens with one attached hydrogen (secondary N) is 1. The number of hydrogen-bond donors (Lipinski definition) is 1. The largest absolute Gasteiger partial charge is 0.308 e. The molecule has 25 heavy (non-hydrogen) atoms. The average molecular weight is 385 g/mol. The van der Waals surface area contributed by atoms with Crippen LogP contribution in [0.15, 0.2) is 35.5 Å². The summed E-state index contributed by atoms with van der Waals surface area (Å²) < 4.78 is 39.0. The number of anilines is 1. The van der Waals surface area contributed by atoms with E-state index in [9.17, 15) is 22.4 Å².